The van der Waals surface area contributed by atoms with Crippen LogP contribution in [0.3, 0.4) is 0 Å². The number of methoxy groups -OCH3 is 1. The zero-order valence-corrected chi connectivity index (χ0v) is 12.5. The number of aromatic nitrogens is 4. The van der Waals surface area contributed by atoms with Gasteiger partial charge >= 0.3 is 5.97 Å². The number of hydrogen-bond acceptors (Lipinski definition) is 7. The molecule has 0 fully saturated rings. The van der Waals surface area contributed by atoms with Gasteiger partial charge in [-0.2, -0.15) is 16.1 Å². The first-order valence-electron chi connectivity index (χ1n) is 6.29. The second kappa shape index (κ2) is 6.93. The summed E-state index contributed by atoms with van der Waals surface area (Å²) in [4.78, 5) is 25.9. The number of carbonyl (C=O) groups excluding carboxylic acids is 2. The molecule has 8 nitrogen and oxygen atoms in total. The largest absolute Gasteiger partial charge is 0.468 e. The van der Waals surface area contributed by atoms with Crippen LogP contribution in [-0.2, 0) is 20.9 Å². The van der Waals surface area contributed by atoms with Crippen LogP contribution in [0, 0.1) is 0 Å². The van der Waals surface area contributed by atoms with Gasteiger partial charge in [-0.25, -0.2) is 0 Å². The van der Waals surface area contributed by atoms with Gasteiger partial charge in [0.15, 0.2) is 0 Å². The van der Waals surface area contributed by atoms with E-state index in [-0.39, 0.29) is 19.0 Å². The van der Waals surface area contributed by atoms with E-state index in [1.807, 2.05) is 16.8 Å². The van der Waals surface area contributed by atoms with Gasteiger partial charge in [-0.15, -0.1) is 10.2 Å². The molecule has 0 unspecified atom stereocenters. The van der Waals surface area contributed by atoms with Crippen LogP contribution >= 0.6 is 11.3 Å². The SMILES string of the molecule is CCN(CC(=O)OC)C(=O)Cn1nnc(-c2ccsc2)n1. The molecular weight excluding hydrogens is 294 g/mol. The molecule has 0 aromatic carbocycles. The Balaban J connectivity index is 2.00. The van der Waals surface area contributed by atoms with E-state index in [1.54, 1.807) is 6.92 Å². The third-order valence-electron chi connectivity index (χ3n) is 2.79. The number of nitrogens with zero attached hydrogens (tertiary/aromatic N) is 5. The van der Waals surface area contributed by atoms with Crippen molar-refractivity contribution in [2.45, 2.75) is 13.5 Å². The third kappa shape index (κ3) is 3.85. The number of ether oxygens (including phenoxy) is 1. The number of hydrogen-bond donors (Lipinski definition) is 0. The van der Waals surface area contributed by atoms with E-state index in [2.05, 4.69) is 20.1 Å². The zero-order chi connectivity index (χ0) is 15.2. The van der Waals surface area contributed by atoms with Crippen LogP contribution in [0.15, 0.2) is 16.8 Å². The van der Waals surface area contributed by atoms with Gasteiger partial charge in [0.2, 0.25) is 11.7 Å². The van der Waals surface area contributed by atoms with E-state index in [0.29, 0.717) is 12.4 Å². The number of rotatable bonds is 6. The fourth-order valence-electron chi connectivity index (χ4n) is 1.64. The molecule has 0 saturated carbocycles. The smallest absolute Gasteiger partial charge is 0.325 e. The van der Waals surface area contributed by atoms with Crippen molar-refractivity contribution in [1.82, 2.24) is 25.1 Å². The van der Waals surface area contributed by atoms with Gasteiger partial charge < -0.3 is 9.64 Å². The highest BCUT2D eigenvalue weighted by Crippen LogP contribution is 2.16. The highest BCUT2D eigenvalue weighted by Gasteiger charge is 2.17. The highest BCUT2D eigenvalue weighted by atomic mass is 32.1. The number of amides is 1. The molecule has 1 amide bonds. The average molecular weight is 309 g/mol. The summed E-state index contributed by atoms with van der Waals surface area (Å²) in [6.45, 7) is 2.03. The van der Waals surface area contributed by atoms with Gasteiger partial charge in [0.05, 0.1) is 7.11 Å². The minimum Gasteiger partial charge on any atom is -0.468 e. The summed E-state index contributed by atoms with van der Waals surface area (Å²) in [6, 6.07) is 1.88. The Bertz CT molecular complexity index is 610. The Hall–Kier alpha value is -2.29. The molecule has 2 rings (SSSR count). The van der Waals surface area contributed by atoms with Gasteiger partial charge in [-0.05, 0) is 23.6 Å². The van der Waals surface area contributed by atoms with Crippen LogP contribution in [0.25, 0.3) is 11.4 Å². The van der Waals surface area contributed by atoms with Crippen LogP contribution < -0.4 is 0 Å². The van der Waals surface area contributed by atoms with Crippen LogP contribution in [0.2, 0.25) is 0 Å². The molecule has 0 bridgehead atoms. The fourth-order valence-corrected chi connectivity index (χ4v) is 2.27. The number of likely N-dealkylation sites (N-methyl/N-ethyl adjacent to an activating group) is 1. The molecule has 112 valence electrons. The second-order valence-electron chi connectivity index (χ2n) is 4.14. The first-order chi connectivity index (χ1) is 10.1. The summed E-state index contributed by atoms with van der Waals surface area (Å²) in [5, 5.41) is 15.7. The van der Waals surface area contributed by atoms with Crippen molar-refractivity contribution in [2.24, 2.45) is 0 Å². The Morgan fingerprint density at radius 2 is 2.29 bits per heavy atom. The number of thiophene rings is 1. The van der Waals surface area contributed by atoms with Crippen molar-refractivity contribution in [3.05, 3.63) is 16.8 Å². The summed E-state index contributed by atoms with van der Waals surface area (Å²) in [5.74, 6) is -0.257. The lowest BCUT2D eigenvalue weighted by Crippen LogP contribution is -2.38. The minimum absolute atomic E-state index is 0.0675. The normalized spacial score (nSPS) is 10.4. The number of esters is 1. The summed E-state index contributed by atoms with van der Waals surface area (Å²) >= 11 is 1.53. The molecule has 9 heteroatoms. The van der Waals surface area contributed by atoms with E-state index in [9.17, 15) is 9.59 Å². The van der Waals surface area contributed by atoms with Gasteiger partial charge in [-0.3, -0.25) is 9.59 Å². The average Bonchev–Trinajstić information content (AvgIpc) is 3.14. The maximum Gasteiger partial charge on any atom is 0.325 e. The Labute approximate surface area is 125 Å². The van der Waals surface area contributed by atoms with E-state index in [0.717, 1.165) is 5.56 Å². The van der Waals surface area contributed by atoms with Crippen molar-refractivity contribution < 1.29 is 14.3 Å². The molecule has 0 spiro atoms. The molecule has 0 aliphatic heterocycles. The molecule has 0 radical (unpaired) electrons. The monoisotopic (exact) mass is 309 g/mol. The highest BCUT2D eigenvalue weighted by molar-refractivity contribution is 7.08. The molecule has 0 N–H and O–H groups in total. The van der Waals surface area contributed by atoms with Gasteiger partial charge in [-0.1, -0.05) is 0 Å². The molecule has 21 heavy (non-hydrogen) atoms. The lowest BCUT2D eigenvalue weighted by molar-refractivity contribution is -0.147. The zero-order valence-electron chi connectivity index (χ0n) is 11.7. The lowest BCUT2D eigenvalue weighted by atomic mass is 10.3. The topological polar surface area (TPSA) is 90.2 Å². The predicted molar refractivity (Wildman–Crippen MR) is 75.4 cm³/mol. The standard InChI is InChI=1S/C12H15N5O3S/c1-3-16(7-11(19)20-2)10(18)6-17-14-12(13-15-17)9-4-5-21-8-9/h4-5,8H,3,6-7H2,1-2H3. The fraction of sp³-hybridized carbons (Fsp3) is 0.417. The number of tetrazole rings is 1. The van der Waals surface area contributed by atoms with E-state index < -0.39 is 5.97 Å². The molecule has 2 aromatic heterocycles. The third-order valence-corrected chi connectivity index (χ3v) is 3.47. The van der Waals surface area contributed by atoms with Crippen molar-refractivity contribution in [3.63, 3.8) is 0 Å². The van der Waals surface area contributed by atoms with E-state index in [1.165, 1.54) is 28.1 Å². The van der Waals surface area contributed by atoms with Crippen molar-refractivity contribution in [1.29, 1.82) is 0 Å². The Morgan fingerprint density at radius 3 is 2.90 bits per heavy atom. The molecule has 2 aromatic rings. The van der Waals surface area contributed by atoms with Crippen LogP contribution in [0.5, 0.6) is 0 Å². The summed E-state index contributed by atoms with van der Waals surface area (Å²) in [6.07, 6.45) is 0. The first-order valence-corrected chi connectivity index (χ1v) is 7.23. The maximum atomic E-state index is 12.1. The molecule has 0 aliphatic carbocycles. The van der Waals surface area contributed by atoms with E-state index in [4.69, 9.17) is 0 Å². The quantitative estimate of drug-likeness (QED) is 0.719. The van der Waals surface area contributed by atoms with Crippen LogP contribution in [0.1, 0.15) is 6.92 Å². The van der Waals surface area contributed by atoms with Crippen LogP contribution in [0.4, 0.5) is 0 Å². The molecule has 0 aliphatic rings. The van der Waals surface area contributed by atoms with Crippen molar-refractivity contribution >= 4 is 23.2 Å². The molecule has 0 atom stereocenters. The molecular formula is C12H15N5O3S. The lowest BCUT2D eigenvalue weighted by Gasteiger charge is -2.18. The van der Waals surface area contributed by atoms with Crippen molar-refractivity contribution in [2.75, 3.05) is 20.2 Å². The summed E-state index contributed by atoms with van der Waals surface area (Å²) < 4.78 is 4.55. The minimum atomic E-state index is -0.462. The second-order valence-corrected chi connectivity index (χ2v) is 4.92. The maximum absolute atomic E-state index is 12.1. The molecule has 0 saturated heterocycles. The van der Waals surface area contributed by atoms with Crippen molar-refractivity contribution in [3.8, 4) is 11.4 Å². The Kier molecular flexibility index (Phi) is 4.99. The predicted octanol–water partition coefficient (Wildman–Crippen LogP) is 0.423. The van der Waals surface area contributed by atoms with Crippen LogP contribution in [-0.4, -0.2) is 57.2 Å². The van der Waals surface area contributed by atoms with Gasteiger partial charge in [0, 0.05) is 17.5 Å². The van der Waals surface area contributed by atoms with Gasteiger partial charge in [0.1, 0.15) is 13.1 Å². The Morgan fingerprint density at radius 1 is 1.48 bits per heavy atom. The van der Waals surface area contributed by atoms with Gasteiger partial charge in [0.25, 0.3) is 0 Å². The first kappa shape index (κ1) is 15.1. The summed E-state index contributed by atoms with van der Waals surface area (Å²) in [5.41, 5.74) is 0.862. The number of carbonyl (C=O) groups is 2. The molecule has 2 heterocycles. The summed E-state index contributed by atoms with van der Waals surface area (Å²) in [7, 11) is 1.28. The van der Waals surface area contributed by atoms with E-state index >= 15 is 0 Å².